The molecule has 1 aliphatic rings. The number of nitriles is 1. The van der Waals surface area contributed by atoms with Gasteiger partial charge in [0.2, 0.25) is 5.91 Å². The fourth-order valence-corrected chi connectivity index (χ4v) is 4.33. The second-order valence-electron chi connectivity index (χ2n) is 7.11. The Labute approximate surface area is 174 Å². The van der Waals surface area contributed by atoms with Crippen LogP contribution in [0.1, 0.15) is 47.5 Å². The van der Waals surface area contributed by atoms with Gasteiger partial charge in [-0.15, -0.1) is 0 Å². The van der Waals surface area contributed by atoms with Gasteiger partial charge in [-0.05, 0) is 30.9 Å². The lowest BCUT2D eigenvalue weighted by Crippen LogP contribution is -2.41. The molecule has 2 aromatic rings. The topological polar surface area (TPSA) is 61.2 Å². The molecule has 0 unspecified atom stereocenters. The quantitative estimate of drug-likeness (QED) is 0.598. The second kappa shape index (κ2) is 9.66. The summed E-state index contributed by atoms with van der Waals surface area (Å²) in [7, 11) is 0. The summed E-state index contributed by atoms with van der Waals surface area (Å²) in [6.45, 7) is 1.37. The van der Waals surface area contributed by atoms with E-state index in [1.807, 2.05) is 42.5 Å². The summed E-state index contributed by atoms with van der Waals surface area (Å²) < 4.78 is 0.813. The minimum absolute atomic E-state index is 0.0620. The molecule has 2 atom stereocenters. The van der Waals surface area contributed by atoms with Gasteiger partial charge in [-0.2, -0.15) is 5.26 Å². The first-order valence-corrected chi connectivity index (χ1v) is 10.4. The predicted molar refractivity (Wildman–Crippen MR) is 112 cm³/mol. The smallest absolute Gasteiger partial charge is 0.240 e. The number of hydrogen-bond acceptors (Lipinski definition) is 3. The van der Waals surface area contributed by atoms with Crippen LogP contribution in [0.4, 0.5) is 0 Å². The van der Waals surface area contributed by atoms with Crippen LogP contribution in [0.2, 0.25) is 0 Å². The first-order valence-electron chi connectivity index (χ1n) is 9.63. The molecule has 1 saturated heterocycles. The Kier molecular flexibility index (Phi) is 7.00. The van der Waals surface area contributed by atoms with E-state index in [2.05, 4.69) is 22.0 Å². The zero-order valence-corrected chi connectivity index (χ0v) is 17.3. The van der Waals surface area contributed by atoms with Crippen LogP contribution in [-0.2, 0) is 4.79 Å². The van der Waals surface area contributed by atoms with Gasteiger partial charge in [-0.3, -0.25) is 9.59 Å². The van der Waals surface area contributed by atoms with Gasteiger partial charge in [0.15, 0.2) is 5.78 Å². The summed E-state index contributed by atoms with van der Waals surface area (Å²) in [5.74, 6) is -1.61. The molecule has 5 heteroatoms. The third-order valence-corrected chi connectivity index (χ3v) is 6.00. The fourth-order valence-electron chi connectivity index (χ4n) is 3.75. The lowest BCUT2D eigenvalue weighted by atomic mass is 9.81. The summed E-state index contributed by atoms with van der Waals surface area (Å²) >= 11 is 3.54. The average molecular weight is 439 g/mol. The fraction of sp³-hybridized carbons (Fsp3) is 0.348. The standard InChI is InChI=1S/C23H23BrN2O2/c24-21-12-6-5-11-18(21)19(15-22(27)17-9-3-1-4-10-17)20(16-25)23(28)26-13-7-2-8-14-26/h1,3-6,9-12,19-20H,2,7-8,13-15H2/t19-,20+/m1/s1. The molecule has 0 radical (unpaired) electrons. The zero-order chi connectivity index (χ0) is 19.9. The maximum absolute atomic E-state index is 13.2. The van der Waals surface area contributed by atoms with Crippen LogP contribution in [0.25, 0.3) is 0 Å². The molecule has 1 amide bonds. The van der Waals surface area contributed by atoms with Crippen molar-refractivity contribution in [1.29, 1.82) is 5.26 Å². The lowest BCUT2D eigenvalue weighted by molar-refractivity contribution is -0.135. The largest absolute Gasteiger partial charge is 0.342 e. The van der Waals surface area contributed by atoms with E-state index in [1.165, 1.54) is 0 Å². The number of carbonyl (C=O) groups is 2. The highest BCUT2D eigenvalue weighted by molar-refractivity contribution is 9.10. The first-order chi connectivity index (χ1) is 13.6. The van der Waals surface area contributed by atoms with Crippen molar-refractivity contribution in [2.45, 2.75) is 31.6 Å². The molecule has 1 aliphatic heterocycles. The monoisotopic (exact) mass is 438 g/mol. The highest BCUT2D eigenvalue weighted by atomic mass is 79.9. The number of piperidine rings is 1. The van der Waals surface area contributed by atoms with Crippen molar-refractivity contribution < 1.29 is 9.59 Å². The van der Waals surface area contributed by atoms with Gasteiger partial charge in [-0.1, -0.05) is 64.5 Å². The number of halogens is 1. The Morgan fingerprint density at radius 3 is 2.29 bits per heavy atom. The highest BCUT2D eigenvalue weighted by Crippen LogP contribution is 2.35. The average Bonchev–Trinajstić information content (AvgIpc) is 2.75. The Hall–Kier alpha value is -2.45. The lowest BCUT2D eigenvalue weighted by Gasteiger charge is -2.31. The Morgan fingerprint density at radius 1 is 1.00 bits per heavy atom. The van der Waals surface area contributed by atoms with Crippen LogP contribution in [0.3, 0.4) is 0 Å². The molecule has 1 fully saturated rings. The third kappa shape index (κ3) is 4.69. The Bertz CT molecular complexity index is 870. The number of rotatable bonds is 6. The molecule has 2 aromatic carbocycles. The van der Waals surface area contributed by atoms with E-state index in [1.54, 1.807) is 17.0 Å². The van der Waals surface area contributed by atoms with Gasteiger partial charge in [0.05, 0.1) is 6.07 Å². The van der Waals surface area contributed by atoms with Crippen molar-refractivity contribution in [2.75, 3.05) is 13.1 Å². The number of amides is 1. The summed E-state index contributed by atoms with van der Waals surface area (Å²) in [5.41, 5.74) is 1.42. The molecule has 3 rings (SSSR count). The highest BCUT2D eigenvalue weighted by Gasteiger charge is 2.35. The number of nitrogens with zero attached hydrogens (tertiary/aromatic N) is 2. The van der Waals surface area contributed by atoms with E-state index in [0.717, 1.165) is 29.3 Å². The van der Waals surface area contributed by atoms with Crippen molar-refractivity contribution in [2.24, 2.45) is 5.92 Å². The van der Waals surface area contributed by atoms with E-state index in [0.29, 0.717) is 18.7 Å². The van der Waals surface area contributed by atoms with Gasteiger partial charge in [-0.25, -0.2) is 0 Å². The van der Waals surface area contributed by atoms with Gasteiger partial charge >= 0.3 is 0 Å². The SMILES string of the molecule is N#C[C@H](C(=O)N1CCCCC1)[C@H](CC(=O)c1ccccc1)c1ccccc1Br. The Morgan fingerprint density at radius 2 is 1.64 bits per heavy atom. The molecule has 0 saturated carbocycles. The van der Waals surface area contributed by atoms with E-state index in [-0.39, 0.29) is 18.1 Å². The van der Waals surface area contributed by atoms with Crippen molar-refractivity contribution in [3.8, 4) is 6.07 Å². The number of Topliss-reactive ketones (excluding diaryl/α,β-unsaturated/α-hetero) is 1. The number of carbonyl (C=O) groups excluding carboxylic acids is 2. The van der Waals surface area contributed by atoms with Crippen molar-refractivity contribution in [3.05, 3.63) is 70.2 Å². The van der Waals surface area contributed by atoms with Crippen molar-refractivity contribution in [3.63, 3.8) is 0 Å². The molecular formula is C23H23BrN2O2. The molecule has 28 heavy (non-hydrogen) atoms. The second-order valence-corrected chi connectivity index (χ2v) is 7.97. The summed E-state index contributed by atoms with van der Waals surface area (Å²) in [4.78, 5) is 27.8. The minimum Gasteiger partial charge on any atom is -0.342 e. The zero-order valence-electron chi connectivity index (χ0n) is 15.7. The van der Waals surface area contributed by atoms with E-state index in [9.17, 15) is 14.9 Å². The molecule has 0 bridgehead atoms. The van der Waals surface area contributed by atoms with Gasteiger partial charge in [0, 0.05) is 35.5 Å². The maximum atomic E-state index is 13.2. The predicted octanol–water partition coefficient (Wildman–Crippen LogP) is 4.96. The van der Waals surface area contributed by atoms with Gasteiger partial charge in [0.25, 0.3) is 0 Å². The number of hydrogen-bond donors (Lipinski definition) is 0. The summed E-state index contributed by atoms with van der Waals surface area (Å²) in [6.07, 6.45) is 3.16. The first kappa shape index (κ1) is 20.3. The molecular weight excluding hydrogens is 416 g/mol. The van der Waals surface area contributed by atoms with Crippen LogP contribution < -0.4 is 0 Å². The summed E-state index contributed by atoms with van der Waals surface area (Å²) in [6, 6.07) is 18.8. The number of likely N-dealkylation sites (tertiary alicyclic amines) is 1. The van der Waals surface area contributed by atoms with Gasteiger partial charge in [0.1, 0.15) is 5.92 Å². The molecule has 0 aliphatic carbocycles. The van der Waals surface area contributed by atoms with Gasteiger partial charge < -0.3 is 4.90 Å². The van der Waals surface area contributed by atoms with Crippen molar-refractivity contribution in [1.82, 2.24) is 4.90 Å². The van der Waals surface area contributed by atoms with Crippen LogP contribution >= 0.6 is 15.9 Å². The molecule has 1 heterocycles. The van der Waals surface area contributed by atoms with E-state index < -0.39 is 11.8 Å². The normalized spacial score (nSPS) is 16.1. The van der Waals surface area contributed by atoms with E-state index >= 15 is 0 Å². The number of benzene rings is 2. The third-order valence-electron chi connectivity index (χ3n) is 5.28. The summed E-state index contributed by atoms with van der Waals surface area (Å²) in [5, 5.41) is 9.91. The molecule has 144 valence electrons. The molecule has 4 nitrogen and oxygen atoms in total. The van der Waals surface area contributed by atoms with E-state index in [4.69, 9.17) is 0 Å². The molecule has 0 N–H and O–H groups in total. The van der Waals surface area contributed by atoms with Crippen molar-refractivity contribution >= 4 is 27.6 Å². The molecule has 0 spiro atoms. The van der Waals surface area contributed by atoms with Crippen LogP contribution in [0.5, 0.6) is 0 Å². The maximum Gasteiger partial charge on any atom is 0.240 e. The van der Waals surface area contributed by atoms with Crippen LogP contribution in [0, 0.1) is 17.2 Å². The molecule has 0 aromatic heterocycles. The minimum atomic E-state index is -0.885. The van der Waals surface area contributed by atoms with Crippen LogP contribution in [-0.4, -0.2) is 29.7 Å². The Balaban J connectivity index is 1.92. The number of ketones is 1. The van der Waals surface area contributed by atoms with Crippen LogP contribution in [0.15, 0.2) is 59.1 Å².